The summed E-state index contributed by atoms with van der Waals surface area (Å²) in [6.07, 6.45) is 1.10. The van der Waals surface area contributed by atoms with Gasteiger partial charge >= 0.3 is 5.97 Å². The molecule has 96 valence electrons. The summed E-state index contributed by atoms with van der Waals surface area (Å²) in [7, 11) is 1.57. The van der Waals surface area contributed by atoms with Crippen LogP contribution < -0.4 is 10.1 Å². The Kier molecular flexibility index (Phi) is 5.44. The molecule has 0 radical (unpaired) electrons. The van der Waals surface area contributed by atoms with Gasteiger partial charge in [-0.05, 0) is 24.3 Å². The van der Waals surface area contributed by atoms with E-state index in [1.54, 1.807) is 31.3 Å². The molecule has 0 aromatic heterocycles. The minimum Gasteiger partial charge on any atom is -0.490 e. The Balaban J connectivity index is 2.37. The van der Waals surface area contributed by atoms with Crippen LogP contribution in [0.25, 0.3) is 0 Å². The third-order valence-electron chi connectivity index (χ3n) is 2.11. The van der Waals surface area contributed by atoms with E-state index in [-0.39, 0.29) is 19.1 Å². The van der Waals surface area contributed by atoms with Gasteiger partial charge in [0.2, 0.25) is 0 Å². The van der Waals surface area contributed by atoms with Crippen molar-refractivity contribution in [3.8, 4) is 5.75 Å². The van der Waals surface area contributed by atoms with Crippen LogP contribution in [0.4, 0.5) is 0 Å². The molecule has 5 nitrogen and oxygen atoms in total. The van der Waals surface area contributed by atoms with Crippen LogP contribution in [0.1, 0.15) is 10.4 Å². The number of ether oxygens (including phenoxy) is 2. The molecule has 0 saturated carbocycles. The summed E-state index contributed by atoms with van der Waals surface area (Å²) in [4.78, 5) is 22.0. The van der Waals surface area contributed by atoms with Crippen molar-refractivity contribution < 1.29 is 19.1 Å². The lowest BCUT2D eigenvalue weighted by Crippen LogP contribution is -2.17. The van der Waals surface area contributed by atoms with Crippen molar-refractivity contribution in [3.63, 3.8) is 0 Å². The molecule has 1 N–H and O–H groups in total. The Morgan fingerprint density at radius 1 is 1.28 bits per heavy atom. The highest BCUT2D eigenvalue weighted by Gasteiger charge is 2.02. The Labute approximate surface area is 105 Å². The number of esters is 1. The predicted octanol–water partition coefficient (Wildman–Crippen LogP) is 1.15. The summed E-state index contributed by atoms with van der Waals surface area (Å²) in [5.74, 6) is -0.0210. The first-order chi connectivity index (χ1) is 8.67. The van der Waals surface area contributed by atoms with E-state index in [0.717, 1.165) is 6.08 Å². The monoisotopic (exact) mass is 249 g/mol. The molecule has 1 aromatic rings. The van der Waals surface area contributed by atoms with Crippen molar-refractivity contribution in [2.45, 2.75) is 0 Å². The summed E-state index contributed by atoms with van der Waals surface area (Å²) >= 11 is 0. The van der Waals surface area contributed by atoms with Crippen LogP contribution in [-0.4, -0.2) is 32.1 Å². The third-order valence-corrected chi connectivity index (χ3v) is 2.11. The number of rotatable bonds is 6. The van der Waals surface area contributed by atoms with Gasteiger partial charge in [0.15, 0.2) is 0 Å². The minimum atomic E-state index is -0.478. The Morgan fingerprint density at radius 2 is 1.94 bits per heavy atom. The number of carbonyl (C=O) groups is 2. The summed E-state index contributed by atoms with van der Waals surface area (Å²) in [5, 5.41) is 2.53. The van der Waals surface area contributed by atoms with Crippen LogP contribution in [0.15, 0.2) is 36.9 Å². The lowest BCUT2D eigenvalue weighted by Gasteiger charge is -2.07. The molecule has 5 heteroatoms. The SMILES string of the molecule is C=CC(=O)OCCOc1ccc(C(=O)NC)cc1. The van der Waals surface area contributed by atoms with Gasteiger partial charge in [-0.1, -0.05) is 6.58 Å². The molecule has 0 bridgehead atoms. The molecule has 0 saturated heterocycles. The highest BCUT2D eigenvalue weighted by molar-refractivity contribution is 5.94. The van der Waals surface area contributed by atoms with Gasteiger partial charge in [-0.15, -0.1) is 0 Å². The van der Waals surface area contributed by atoms with Crippen LogP contribution in [-0.2, 0) is 9.53 Å². The minimum absolute atomic E-state index is 0.151. The first-order valence-electron chi connectivity index (χ1n) is 5.41. The summed E-state index contributed by atoms with van der Waals surface area (Å²) in [5.41, 5.74) is 0.558. The van der Waals surface area contributed by atoms with E-state index >= 15 is 0 Å². The molecule has 0 fully saturated rings. The zero-order valence-corrected chi connectivity index (χ0v) is 10.1. The maximum Gasteiger partial charge on any atom is 0.330 e. The molecule has 0 atom stereocenters. The van der Waals surface area contributed by atoms with Crippen LogP contribution in [0.3, 0.4) is 0 Å². The first kappa shape index (κ1) is 13.8. The van der Waals surface area contributed by atoms with Crippen LogP contribution >= 0.6 is 0 Å². The quantitative estimate of drug-likeness (QED) is 0.466. The summed E-state index contributed by atoms with van der Waals surface area (Å²) in [6, 6.07) is 6.67. The molecule has 0 unspecified atom stereocenters. The van der Waals surface area contributed by atoms with Crippen molar-refractivity contribution in [3.05, 3.63) is 42.5 Å². The number of amides is 1. The molecule has 0 heterocycles. The topological polar surface area (TPSA) is 64.6 Å². The normalized spacial score (nSPS) is 9.39. The Morgan fingerprint density at radius 3 is 2.50 bits per heavy atom. The molecule has 1 aromatic carbocycles. The van der Waals surface area contributed by atoms with E-state index < -0.39 is 5.97 Å². The average Bonchev–Trinajstić information content (AvgIpc) is 2.43. The fourth-order valence-electron chi connectivity index (χ4n) is 1.21. The van der Waals surface area contributed by atoms with E-state index in [0.29, 0.717) is 11.3 Å². The number of benzene rings is 1. The maximum atomic E-state index is 11.3. The van der Waals surface area contributed by atoms with Crippen LogP contribution in [0, 0.1) is 0 Å². The van der Waals surface area contributed by atoms with Gasteiger partial charge in [-0.2, -0.15) is 0 Å². The molecule has 0 spiro atoms. The van der Waals surface area contributed by atoms with Gasteiger partial charge in [0.1, 0.15) is 19.0 Å². The fraction of sp³-hybridized carbons (Fsp3) is 0.231. The van der Waals surface area contributed by atoms with Gasteiger partial charge in [-0.3, -0.25) is 4.79 Å². The molecule has 0 aliphatic rings. The van der Waals surface area contributed by atoms with Crippen LogP contribution in [0.5, 0.6) is 5.75 Å². The molecule has 0 aliphatic heterocycles. The molecule has 0 aliphatic carbocycles. The molecule has 1 amide bonds. The second kappa shape index (κ2) is 7.11. The molecule has 18 heavy (non-hydrogen) atoms. The predicted molar refractivity (Wildman–Crippen MR) is 66.5 cm³/mol. The molecular formula is C13H15NO4. The molecule has 1 rings (SSSR count). The average molecular weight is 249 g/mol. The Bertz CT molecular complexity index is 425. The smallest absolute Gasteiger partial charge is 0.330 e. The van der Waals surface area contributed by atoms with Gasteiger partial charge < -0.3 is 14.8 Å². The standard InChI is InChI=1S/C13H15NO4/c1-3-12(15)18-9-8-17-11-6-4-10(5-7-11)13(16)14-2/h3-7H,1,8-9H2,2H3,(H,14,16). The van der Waals surface area contributed by atoms with Crippen molar-refractivity contribution in [2.75, 3.05) is 20.3 Å². The van der Waals surface area contributed by atoms with E-state index in [4.69, 9.17) is 9.47 Å². The second-order valence-electron chi connectivity index (χ2n) is 3.32. The zero-order valence-electron chi connectivity index (χ0n) is 10.1. The summed E-state index contributed by atoms with van der Waals surface area (Å²) in [6.45, 7) is 3.68. The number of carbonyl (C=O) groups excluding carboxylic acids is 2. The van der Waals surface area contributed by atoms with Crippen LogP contribution in [0.2, 0.25) is 0 Å². The fourth-order valence-corrected chi connectivity index (χ4v) is 1.21. The van der Waals surface area contributed by atoms with E-state index in [1.807, 2.05) is 0 Å². The van der Waals surface area contributed by atoms with Gasteiger partial charge in [0, 0.05) is 18.7 Å². The summed E-state index contributed by atoms with van der Waals surface area (Å²) < 4.78 is 10.1. The van der Waals surface area contributed by atoms with Crippen molar-refractivity contribution in [2.24, 2.45) is 0 Å². The lowest BCUT2D eigenvalue weighted by atomic mass is 10.2. The Hall–Kier alpha value is -2.30. The maximum absolute atomic E-state index is 11.3. The zero-order chi connectivity index (χ0) is 13.4. The van der Waals surface area contributed by atoms with E-state index in [2.05, 4.69) is 11.9 Å². The van der Waals surface area contributed by atoms with E-state index in [1.165, 1.54) is 0 Å². The largest absolute Gasteiger partial charge is 0.490 e. The van der Waals surface area contributed by atoms with Gasteiger partial charge in [0.25, 0.3) is 5.91 Å². The lowest BCUT2D eigenvalue weighted by molar-refractivity contribution is -0.138. The highest BCUT2D eigenvalue weighted by atomic mass is 16.6. The first-order valence-corrected chi connectivity index (χ1v) is 5.41. The second-order valence-corrected chi connectivity index (χ2v) is 3.32. The van der Waals surface area contributed by atoms with Gasteiger partial charge in [-0.25, -0.2) is 4.79 Å². The molecular weight excluding hydrogens is 234 g/mol. The van der Waals surface area contributed by atoms with Crippen molar-refractivity contribution in [1.29, 1.82) is 0 Å². The van der Waals surface area contributed by atoms with E-state index in [9.17, 15) is 9.59 Å². The van der Waals surface area contributed by atoms with Crippen molar-refractivity contribution >= 4 is 11.9 Å². The number of nitrogens with one attached hydrogen (secondary N) is 1. The number of hydrogen-bond donors (Lipinski definition) is 1. The number of hydrogen-bond acceptors (Lipinski definition) is 4. The van der Waals surface area contributed by atoms with Gasteiger partial charge in [0.05, 0.1) is 0 Å². The third kappa shape index (κ3) is 4.29. The van der Waals surface area contributed by atoms with Crippen molar-refractivity contribution in [1.82, 2.24) is 5.32 Å². The highest BCUT2D eigenvalue weighted by Crippen LogP contribution is 2.11.